The molecule has 0 aliphatic heterocycles. The molecule has 0 saturated heterocycles. The molecule has 1 heterocycles. The summed E-state index contributed by atoms with van der Waals surface area (Å²) in [6.07, 6.45) is 0. The zero-order chi connectivity index (χ0) is 13.6. The highest BCUT2D eigenvalue weighted by Crippen LogP contribution is 2.27. The lowest BCUT2D eigenvalue weighted by molar-refractivity contribution is 0.623. The highest BCUT2D eigenvalue weighted by molar-refractivity contribution is 9.10. The summed E-state index contributed by atoms with van der Waals surface area (Å²) in [5.74, 6) is -0.549. The number of benzene rings is 2. The Morgan fingerprint density at radius 2 is 1.89 bits per heavy atom. The number of rotatable bonds is 1. The Bertz CT molecular complexity index is 747. The normalized spacial score (nSPS) is 11.2. The van der Waals surface area contributed by atoms with Gasteiger partial charge in [-0.15, -0.1) is 0 Å². The number of fused-ring (bicyclic) bond motifs is 1. The standard InChI is InChI=1S/C13H6BrClF2N2/c14-8-4-11-12(5-10(8)17)19-13(18-11)7-2-1-6(15)3-9(7)16/h1-5H,(H,18,19). The predicted molar refractivity (Wildman–Crippen MR) is 74.2 cm³/mol. The fourth-order valence-electron chi connectivity index (χ4n) is 1.81. The van der Waals surface area contributed by atoms with Gasteiger partial charge in [-0.05, 0) is 40.2 Å². The SMILES string of the molecule is Fc1cc2[nH]c(-c3ccc(Cl)cc3F)nc2cc1Br. The van der Waals surface area contributed by atoms with Crippen LogP contribution in [0.15, 0.2) is 34.8 Å². The number of imidazole rings is 1. The Hall–Kier alpha value is -1.46. The first-order valence-corrected chi connectivity index (χ1v) is 6.52. The molecule has 6 heteroatoms. The Morgan fingerprint density at radius 3 is 2.63 bits per heavy atom. The van der Waals surface area contributed by atoms with E-state index in [1.165, 1.54) is 18.2 Å². The van der Waals surface area contributed by atoms with Gasteiger partial charge in [-0.2, -0.15) is 0 Å². The van der Waals surface area contributed by atoms with Crippen molar-refractivity contribution in [3.8, 4) is 11.4 Å². The van der Waals surface area contributed by atoms with E-state index in [2.05, 4.69) is 25.9 Å². The molecule has 2 aromatic carbocycles. The van der Waals surface area contributed by atoms with Crippen molar-refractivity contribution >= 4 is 38.6 Å². The molecule has 96 valence electrons. The van der Waals surface area contributed by atoms with Gasteiger partial charge in [-0.3, -0.25) is 0 Å². The lowest BCUT2D eigenvalue weighted by Crippen LogP contribution is -1.85. The van der Waals surface area contributed by atoms with Crippen LogP contribution in [-0.4, -0.2) is 9.97 Å². The van der Waals surface area contributed by atoms with Crippen molar-refractivity contribution in [2.45, 2.75) is 0 Å². The van der Waals surface area contributed by atoms with Crippen LogP contribution in [0.5, 0.6) is 0 Å². The maximum absolute atomic E-state index is 13.8. The zero-order valence-corrected chi connectivity index (χ0v) is 11.7. The second-order valence-corrected chi connectivity index (χ2v) is 5.28. The van der Waals surface area contributed by atoms with Crippen molar-refractivity contribution in [1.29, 1.82) is 0 Å². The van der Waals surface area contributed by atoms with Crippen LogP contribution in [0.3, 0.4) is 0 Å². The molecular weight excluding hydrogens is 338 g/mol. The summed E-state index contributed by atoms with van der Waals surface area (Å²) < 4.78 is 27.5. The van der Waals surface area contributed by atoms with Gasteiger partial charge < -0.3 is 4.98 Å². The van der Waals surface area contributed by atoms with E-state index in [9.17, 15) is 8.78 Å². The molecule has 0 radical (unpaired) electrons. The second-order valence-electron chi connectivity index (χ2n) is 3.99. The van der Waals surface area contributed by atoms with E-state index >= 15 is 0 Å². The van der Waals surface area contributed by atoms with Gasteiger partial charge in [0.15, 0.2) is 0 Å². The van der Waals surface area contributed by atoms with Gasteiger partial charge in [-0.25, -0.2) is 13.8 Å². The molecule has 0 aliphatic rings. The third-order valence-corrected chi connectivity index (χ3v) is 3.55. The van der Waals surface area contributed by atoms with Crippen molar-refractivity contribution in [3.63, 3.8) is 0 Å². The highest BCUT2D eigenvalue weighted by Gasteiger charge is 2.12. The van der Waals surface area contributed by atoms with Gasteiger partial charge in [-0.1, -0.05) is 11.6 Å². The number of aromatic nitrogens is 2. The molecular formula is C13H6BrClF2N2. The lowest BCUT2D eigenvalue weighted by Gasteiger charge is -1.99. The summed E-state index contributed by atoms with van der Waals surface area (Å²) in [5, 5.41) is 0.311. The molecule has 0 amide bonds. The first-order valence-electron chi connectivity index (χ1n) is 5.35. The van der Waals surface area contributed by atoms with Crippen LogP contribution in [0.25, 0.3) is 22.4 Å². The fraction of sp³-hybridized carbons (Fsp3) is 0. The summed E-state index contributed by atoms with van der Waals surface area (Å²) in [6.45, 7) is 0. The summed E-state index contributed by atoms with van der Waals surface area (Å²) >= 11 is 8.78. The average molecular weight is 344 g/mol. The second kappa shape index (κ2) is 4.58. The molecule has 2 nitrogen and oxygen atoms in total. The number of nitrogens with zero attached hydrogens (tertiary/aromatic N) is 1. The summed E-state index contributed by atoms with van der Waals surface area (Å²) in [4.78, 5) is 7.13. The molecule has 1 N–H and O–H groups in total. The van der Waals surface area contributed by atoms with E-state index in [1.54, 1.807) is 12.1 Å². The van der Waals surface area contributed by atoms with Crippen LogP contribution >= 0.6 is 27.5 Å². The maximum Gasteiger partial charge on any atom is 0.141 e. The molecule has 0 aliphatic carbocycles. The third-order valence-electron chi connectivity index (χ3n) is 2.71. The zero-order valence-electron chi connectivity index (χ0n) is 9.35. The summed E-state index contributed by atoms with van der Waals surface area (Å²) in [5.41, 5.74) is 1.35. The van der Waals surface area contributed by atoms with Crippen molar-refractivity contribution in [2.24, 2.45) is 0 Å². The van der Waals surface area contributed by atoms with Crippen molar-refractivity contribution < 1.29 is 8.78 Å². The van der Waals surface area contributed by atoms with Crippen LogP contribution in [0, 0.1) is 11.6 Å². The lowest BCUT2D eigenvalue weighted by atomic mass is 10.2. The largest absolute Gasteiger partial charge is 0.338 e. The highest BCUT2D eigenvalue weighted by atomic mass is 79.9. The molecule has 19 heavy (non-hydrogen) atoms. The number of hydrogen-bond donors (Lipinski definition) is 1. The van der Waals surface area contributed by atoms with Crippen LogP contribution in [0.1, 0.15) is 0 Å². The first kappa shape index (κ1) is 12.6. The van der Waals surface area contributed by atoms with Crippen LogP contribution < -0.4 is 0 Å². The molecule has 3 aromatic rings. The smallest absolute Gasteiger partial charge is 0.141 e. The number of H-pyrrole nitrogens is 1. The number of hydrogen-bond acceptors (Lipinski definition) is 1. The maximum atomic E-state index is 13.8. The Balaban J connectivity index is 2.20. The Labute approximate surface area is 120 Å². The number of aromatic amines is 1. The molecule has 0 bridgehead atoms. The minimum absolute atomic E-state index is 0.289. The first-order chi connectivity index (χ1) is 9.04. The molecule has 1 aromatic heterocycles. The van der Waals surface area contributed by atoms with Gasteiger partial charge >= 0.3 is 0 Å². The van der Waals surface area contributed by atoms with E-state index in [0.717, 1.165) is 0 Å². The van der Waals surface area contributed by atoms with Crippen molar-refractivity contribution in [2.75, 3.05) is 0 Å². The van der Waals surface area contributed by atoms with Gasteiger partial charge in [0.25, 0.3) is 0 Å². The molecule has 0 unspecified atom stereocenters. The van der Waals surface area contributed by atoms with E-state index < -0.39 is 11.6 Å². The van der Waals surface area contributed by atoms with Crippen LogP contribution in [0.2, 0.25) is 5.02 Å². The number of halogens is 4. The molecule has 0 saturated carbocycles. The van der Waals surface area contributed by atoms with E-state index in [4.69, 9.17) is 11.6 Å². The summed E-state index contributed by atoms with van der Waals surface area (Å²) in [7, 11) is 0. The molecule has 0 spiro atoms. The average Bonchev–Trinajstić information content (AvgIpc) is 2.72. The van der Waals surface area contributed by atoms with Crippen LogP contribution in [-0.2, 0) is 0 Å². The Kier molecular flexibility index (Phi) is 3.03. The fourth-order valence-corrected chi connectivity index (χ4v) is 2.30. The van der Waals surface area contributed by atoms with Crippen LogP contribution in [0.4, 0.5) is 8.78 Å². The monoisotopic (exact) mass is 342 g/mol. The quantitative estimate of drug-likeness (QED) is 0.667. The molecule has 3 rings (SSSR count). The van der Waals surface area contributed by atoms with Gasteiger partial charge in [0.05, 0.1) is 21.1 Å². The van der Waals surface area contributed by atoms with Gasteiger partial charge in [0.1, 0.15) is 17.5 Å². The van der Waals surface area contributed by atoms with Crippen molar-refractivity contribution in [3.05, 3.63) is 51.5 Å². The van der Waals surface area contributed by atoms with E-state index in [-0.39, 0.29) is 5.56 Å². The predicted octanol–water partition coefficient (Wildman–Crippen LogP) is 4.92. The topological polar surface area (TPSA) is 28.7 Å². The van der Waals surface area contributed by atoms with Gasteiger partial charge in [0.2, 0.25) is 0 Å². The minimum Gasteiger partial charge on any atom is -0.338 e. The van der Waals surface area contributed by atoms with E-state index in [1.807, 2.05) is 0 Å². The summed E-state index contributed by atoms with van der Waals surface area (Å²) in [6, 6.07) is 7.16. The number of nitrogens with one attached hydrogen (secondary N) is 1. The molecule has 0 fully saturated rings. The third kappa shape index (κ3) is 2.24. The van der Waals surface area contributed by atoms with E-state index in [0.29, 0.717) is 26.4 Å². The van der Waals surface area contributed by atoms with Crippen molar-refractivity contribution in [1.82, 2.24) is 9.97 Å². The Morgan fingerprint density at radius 1 is 1.11 bits per heavy atom. The van der Waals surface area contributed by atoms with Gasteiger partial charge in [0, 0.05) is 11.1 Å². The molecule has 0 atom stereocenters. The minimum atomic E-state index is -0.480.